The Morgan fingerprint density at radius 2 is 1.92 bits per heavy atom. The van der Waals surface area contributed by atoms with Gasteiger partial charge in [0.05, 0.1) is 0 Å². The number of carbonyl (C=O) groups excluding carboxylic acids is 2. The molecule has 1 saturated carbocycles. The van der Waals surface area contributed by atoms with Crippen LogP contribution < -0.4 is 10.6 Å². The number of nitrogens with zero attached hydrogens (tertiary/aromatic N) is 2. The van der Waals surface area contributed by atoms with Gasteiger partial charge in [-0.25, -0.2) is 0 Å². The molecule has 1 aliphatic carbocycles. The molecule has 1 aliphatic rings. The smallest absolute Gasteiger partial charge is 0.252 e. The van der Waals surface area contributed by atoms with Gasteiger partial charge in [-0.1, -0.05) is 26.2 Å². The third kappa shape index (κ3) is 3.25. The molecule has 7 nitrogen and oxygen atoms in total. The van der Waals surface area contributed by atoms with E-state index in [-0.39, 0.29) is 11.8 Å². The van der Waals surface area contributed by atoms with Crippen molar-refractivity contribution in [1.82, 2.24) is 26.0 Å². The fraction of sp³-hybridized carbons (Fsp3) is 0.529. The Balaban J connectivity index is 1.80. The number of amides is 2. The lowest BCUT2D eigenvalue weighted by Gasteiger charge is -2.36. The van der Waals surface area contributed by atoms with E-state index in [0.29, 0.717) is 36.0 Å². The van der Waals surface area contributed by atoms with E-state index >= 15 is 0 Å². The number of aromatic nitrogens is 3. The van der Waals surface area contributed by atoms with Crippen LogP contribution >= 0.6 is 0 Å². The average Bonchev–Trinajstić information content (AvgIpc) is 3.08. The summed E-state index contributed by atoms with van der Waals surface area (Å²) in [4.78, 5) is 25.4. The maximum Gasteiger partial charge on any atom is 0.252 e. The van der Waals surface area contributed by atoms with Gasteiger partial charge in [0.2, 0.25) is 5.91 Å². The van der Waals surface area contributed by atoms with Gasteiger partial charge in [0.25, 0.3) is 5.91 Å². The number of carbonyl (C=O) groups is 2. The van der Waals surface area contributed by atoms with Crippen LogP contribution in [0, 0.1) is 0 Å². The summed E-state index contributed by atoms with van der Waals surface area (Å²) in [5.41, 5.74) is 1.03. The van der Waals surface area contributed by atoms with Crippen LogP contribution in [-0.4, -0.2) is 39.3 Å². The molecule has 1 fully saturated rings. The topological polar surface area (TPSA) is 99.8 Å². The summed E-state index contributed by atoms with van der Waals surface area (Å²) in [5, 5.41) is 16.5. The summed E-state index contributed by atoms with van der Waals surface area (Å²) in [6, 6.07) is 5.15. The Labute approximate surface area is 140 Å². The molecular weight excluding hydrogens is 306 g/mol. The summed E-state index contributed by atoms with van der Waals surface area (Å²) in [5.74, 6) is -0.312. The van der Waals surface area contributed by atoms with Gasteiger partial charge in [-0.15, -0.1) is 0 Å². The summed E-state index contributed by atoms with van der Waals surface area (Å²) < 4.78 is 0. The van der Waals surface area contributed by atoms with Crippen molar-refractivity contribution in [2.75, 3.05) is 6.54 Å². The van der Waals surface area contributed by atoms with E-state index in [9.17, 15) is 9.59 Å². The van der Waals surface area contributed by atoms with Crippen molar-refractivity contribution in [3.8, 4) is 0 Å². The first kappa shape index (κ1) is 16.4. The van der Waals surface area contributed by atoms with Crippen LogP contribution in [0.2, 0.25) is 0 Å². The molecule has 0 atom stereocenters. The second-order valence-electron chi connectivity index (χ2n) is 6.38. The van der Waals surface area contributed by atoms with E-state index in [4.69, 9.17) is 0 Å². The third-order valence-electron chi connectivity index (χ3n) is 4.61. The highest BCUT2D eigenvalue weighted by atomic mass is 16.2. The van der Waals surface area contributed by atoms with Crippen molar-refractivity contribution < 1.29 is 9.59 Å². The molecule has 0 radical (unpaired) electrons. The van der Waals surface area contributed by atoms with Gasteiger partial charge in [-0.3, -0.25) is 9.59 Å². The molecule has 1 aromatic heterocycles. The normalized spacial score (nSPS) is 16.7. The molecule has 3 N–H and O–H groups in total. The van der Waals surface area contributed by atoms with Gasteiger partial charge < -0.3 is 10.6 Å². The van der Waals surface area contributed by atoms with Crippen LogP contribution in [-0.2, 0) is 4.79 Å². The summed E-state index contributed by atoms with van der Waals surface area (Å²) in [6.45, 7) is 2.64. The fourth-order valence-corrected chi connectivity index (χ4v) is 3.24. The van der Waals surface area contributed by atoms with Gasteiger partial charge in [0, 0.05) is 12.1 Å². The first-order chi connectivity index (χ1) is 11.6. The van der Waals surface area contributed by atoms with Gasteiger partial charge >= 0.3 is 0 Å². The van der Waals surface area contributed by atoms with E-state index in [0.717, 1.165) is 25.7 Å². The first-order valence-corrected chi connectivity index (χ1v) is 8.56. The molecule has 3 rings (SSSR count). The van der Waals surface area contributed by atoms with Crippen LogP contribution in [0.15, 0.2) is 18.2 Å². The van der Waals surface area contributed by atoms with Gasteiger partial charge in [0.1, 0.15) is 16.6 Å². The molecular formula is C17H23N5O2. The Hall–Kier alpha value is -2.44. The number of hydrogen-bond acceptors (Lipinski definition) is 4. The molecule has 0 spiro atoms. The SMILES string of the molecule is CCCNC(=O)C1(NC(=O)c2ccc3n[nH]nc3c2)CCCCC1. The molecule has 1 heterocycles. The Morgan fingerprint density at radius 3 is 2.67 bits per heavy atom. The first-order valence-electron chi connectivity index (χ1n) is 8.56. The van der Waals surface area contributed by atoms with E-state index < -0.39 is 5.54 Å². The van der Waals surface area contributed by atoms with Crippen molar-refractivity contribution in [1.29, 1.82) is 0 Å². The number of fused-ring (bicyclic) bond motifs is 1. The molecule has 7 heteroatoms. The highest BCUT2D eigenvalue weighted by Gasteiger charge is 2.40. The van der Waals surface area contributed by atoms with Gasteiger partial charge in [-0.2, -0.15) is 15.4 Å². The zero-order chi connectivity index (χ0) is 17.0. The van der Waals surface area contributed by atoms with Gasteiger partial charge in [-0.05, 0) is 37.5 Å². The lowest BCUT2D eigenvalue weighted by atomic mass is 9.80. The quantitative estimate of drug-likeness (QED) is 0.780. The summed E-state index contributed by atoms with van der Waals surface area (Å²) >= 11 is 0. The zero-order valence-corrected chi connectivity index (χ0v) is 13.9. The minimum absolute atomic E-state index is 0.0695. The van der Waals surface area contributed by atoms with Crippen LogP contribution in [0.25, 0.3) is 11.0 Å². The molecule has 0 aliphatic heterocycles. The number of hydrogen-bond donors (Lipinski definition) is 3. The molecule has 24 heavy (non-hydrogen) atoms. The number of rotatable bonds is 5. The highest BCUT2D eigenvalue weighted by molar-refractivity contribution is 6.01. The van der Waals surface area contributed by atoms with E-state index in [1.165, 1.54) is 0 Å². The molecule has 2 amide bonds. The average molecular weight is 329 g/mol. The van der Waals surface area contributed by atoms with Crippen LogP contribution in [0.5, 0.6) is 0 Å². The third-order valence-corrected chi connectivity index (χ3v) is 4.61. The minimum atomic E-state index is -0.802. The van der Waals surface area contributed by atoms with Crippen LogP contribution in [0.4, 0.5) is 0 Å². The van der Waals surface area contributed by atoms with Crippen LogP contribution in [0.1, 0.15) is 55.8 Å². The molecule has 0 unspecified atom stereocenters. The van der Waals surface area contributed by atoms with Crippen molar-refractivity contribution in [2.45, 2.75) is 51.0 Å². The molecule has 1 aromatic carbocycles. The number of aromatic amines is 1. The monoisotopic (exact) mass is 329 g/mol. The Bertz CT molecular complexity index is 733. The molecule has 0 bridgehead atoms. The zero-order valence-electron chi connectivity index (χ0n) is 13.9. The van der Waals surface area contributed by atoms with Gasteiger partial charge in [0.15, 0.2) is 0 Å². The lowest BCUT2D eigenvalue weighted by molar-refractivity contribution is -0.128. The van der Waals surface area contributed by atoms with Crippen molar-refractivity contribution >= 4 is 22.8 Å². The van der Waals surface area contributed by atoms with Crippen LogP contribution in [0.3, 0.4) is 0 Å². The van der Waals surface area contributed by atoms with E-state index in [1.807, 2.05) is 6.92 Å². The predicted octanol–water partition coefficient (Wildman–Crippen LogP) is 1.92. The Kier molecular flexibility index (Phi) is 4.78. The maximum absolute atomic E-state index is 12.7. The summed E-state index contributed by atoms with van der Waals surface area (Å²) in [6.07, 6.45) is 5.23. The fourth-order valence-electron chi connectivity index (χ4n) is 3.24. The number of H-pyrrole nitrogens is 1. The van der Waals surface area contributed by atoms with E-state index in [2.05, 4.69) is 26.0 Å². The number of nitrogens with one attached hydrogen (secondary N) is 3. The summed E-state index contributed by atoms with van der Waals surface area (Å²) in [7, 11) is 0. The molecule has 128 valence electrons. The van der Waals surface area contributed by atoms with Crippen molar-refractivity contribution in [2.24, 2.45) is 0 Å². The molecule has 0 saturated heterocycles. The van der Waals surface area contributed by atoms with Crippen molar-refractivity contribution in [3.63, 3.8) is 0 Å². The lowest BCUT2D eigenvalue weighted by Crippen LogP contribution is -2.59. The largest absolute Gasteiger partial charge is 0.354 e. The highest BCUT2D eigenvalue weighted by Crippen LogP contribution is 2.29. The maximum atomic E-state index is 12.7. The predicted molar refractivity (Wildman–Crippen MR) is 90.5 cm³/mol. The molecule has 2 aromatic rings. The van der Waals surface area contributed by atoms with E-state index in [1.54, 1.807) is 18.2 Å². The second-order valence-corrected chi connectivity index (χ2v) is 6.38. The number of benzene rings is 1. The van der Waals surface area contributed by atoms with Crippen molar-refractivity contribution in [3.05, 3.63) is 23.8 Å². The Morgan fingerprint density at radius 1 is 1.17 bits per heavy atom. The minimum Gasteiger partial charge on any atom is -0.354 e. The second kappa shape index (κ2) is 6.98. The standard InChI is InChI=1S/C17H23N5O2/c1-2-10-18-16(24)17(8-4-3-5-9-17)19-15(23)12-6-7-13-14(11-12)21-22-20-13/h6-7,11H,2-5,8-10H2,1H3,(H,18,24)(H,19,23)(H,20,21,22).